The van der Waals surface area contributed by atoms with Crippen LogP contribution >= 0.6 is 0 Å². The molecule has 0 saturated heterocycles. The topological polar surface area (TPSA) is 43.4 Å². The molecule has 0 unspecified atom stereocenters. The minimum atomic E-state index is -3.66. The van der Waals surface area contributed by atoms with E-state index < -0.39 is 10.1 Å². The maximum Gasteiger partial charge on any atom is 0.297 e. The molecule has 0 aliphatic rings. The molecule has 0 saturated carbocycles. The van der Waals surface area contributed by atoms with Crippen LogP contribution in [0.2, 0.25) is 0 Å². The van der Waals surface area contributed by atoms with E-state index in [0.717, 1.165) is 31.2 Å². The van der Waals surface area contributed by atoms with Crippen molar-refractivity contribution in [3.05, 3.63) is 29.8 Å². The van der Waals surface area contributed by atoms with E-state index in [4.69, 9.17) is 4.18 Å². The van der Waals surface area contributed by atoms with Gasteiger partial charge in [-0.2, -0.15) is 8.42 Å². The van der Waals surface area contributed by atoms with E-state index in [1.165, 1.54) is 96.3 Å². The molecule has 0 spiro atoms. The van der Waals surface area contributed by atoms with E-state index in [-0.39, 0.29) is 0 Å². The maximum absolute atomic E-state index is 12.7. The molecule has 1 rings (SSSR count). The molecule has 0 heterocycles. The van der Waals surface area contributed by atoms with Gasteiger partial charge < -0.3 is 0 Å². The first-order valence-corrected chi connectivity index (χ1v) is 15.0. The number of benzene rings is 1. The van der Waals surface area contributed by atoms with Gasteiger partial charge in [-0.05, 0) is 30.9 Å². The third-order valence-electron chi connectivity index (χ3n) is 6.28. The molecule has 0 aliphatic heterocycles. The summed E-state index contributed by atoms with van der Waals surface area (Å²) in [6.07, 6.45) is 23.2. The highest BCUT2D eigenvalue weighted by atomic mass is 32.2. The molecule has 1 aromatic carbocycles. The Morgan fingerprint density at radius 3 is 1.56 bits per heavy atom. The second-order valence-corrected chi connectivity index (χ2v) is 10.9. The van der Waals surface area contributed by atoms with E-state index in [1.54, 1.807) is 12.1 Å². The predicted octanol–water partition coefficient (Wildman–Crippen LogP) is 9.00. The molecule has 0 radical (unpaired) electrons. The number of unbranched alkanes of at least 4 members (excludes halogenated alkanes) is 16. The highest BCUT2D eigenvalue weighted by Gasteiger charge is 2.18. The Morgan fingerprint density at radius 2 is 1.03 bits per heavy atom. The van der Waals surface area contributed by atoms with Crippen LogP contribution in [-0.4, -0.2) is 15.0 Å². The van der Waals surface area contributed by atoms with E-state index >= 15 is 0 Å². The van der Waals surface area contributed by atoms with Crippen LogP contribution in [0.3, 0.4) is 0 Å². The van der Waals surface area contributed by atoms with E-state index in [1.807, 2.05) is 12.1 Å². The summed E-state index contributed by atoms with van der Waals surface area (Å²) in [6, 6.07) is 7.38. The Hall–Kier alpha value is -0.870. The van der Waals surface area contributed by atoms with E-state index in [2.05, 4.69) is 13.8 Å². The largest absolute Gasteiger partial charge is 0.297 e. The van der Waals surface area contributed by atoms with Crippen molar-refractivity contribution in [3.63, 3.8) is 0 Å². The van der Waals surface area contributed by atoms with Gasteiger partial charge in [0.05, 0.1) is 11.5 Å². The van der Waals surface area contributed by atoms with Gasteiger partial charge in [-0.15, -0.1) is 0 Å². The van der Waals surface area contributed by atoms with Gasteiger partial charge in [0.15, 0.2) is 0 Å². The average molecular weight is 467 g/mol. The second-order valence-electron chi connectivity index (χ2n) is 9.29. The molecule has 0 aliphatic carbocycles. The van der Waals surface area contributed by atoms with Crippen LogP contribution < -0.4 is 0 Å². The standard InChI is InChI=1S/C28H50O3S/c1-3-5-7-9-11-13-14-15-17-19-23-27-24-20-21-25-28(27)32(29,30)31-26-22-18-16-12-10-8-6-4-2/h20-21,24-25H,3-19,22-23,26H2,1-2H3. The zero-order valence-electron chi connectivity index (χ0n) is 21.1. The molecule has 0 bridgehead atoms. The summed E-state index contributed by atoms with van der Waals surface area (Å²) in [5, 5.41) is 0. The van der Waals surface area contributed by atoms with E-state index in [0.29, 0.717) is 11.5 Å². The highest BCUT2D eigenvalue weighted by molar-refractivity contribution is 7.86. The van der Waals surface area contributed by atoms with Crippen molar-refractivity contribution < 1.29 is 12.6 Å². The van der Waals surface area contributed by atoms with Crippen LogP contribution in [0.15, 0.2) is 29.2 Å². The molecule has 186 valence electrons. The summed E-state index contributed by atoms with van der Waals surface area (Å²) < 4.78 is 30.8. The fourth-order valence-corrected chi connectivity index (χ4v) is 5.43. The molecule has 0 amide bonds. The predicted molar refractivity (Wildman–Crippen MR) is 138 cm³/mol. The van der Waals surface area contributed by atoms with Gasteiger partial charge in [-0.25, -0.2) is 0 Å². The van der Waals surface area contributed by atoms with Gasteiger partial charge >= 0.3 is 0 Å². The van der Waals surface area contributed by atoms with Gasteiger partial charge in [-0.3, -0.25) is 4.18 Å². The van der Waals surface area contributed by atoms with Crippen LogP contribution in [0, 0.1) is 0 Å². The summed E-state index contributed by atoms with van der Waals surface area (Å²) in [4.78, 5) is 0.371. The molecule has 3 nitrogen and oxygen atoms in total. The first-order chi connectivity index (χ1) is 15.6. The first-order valence-electron chi connectivity index (χ1n) is 13.6. The quantitative estimate of drug-likeness (QED) is 0.126. The normalized spacial score (nSPS) is 11.8. The van der Waals surface area contributed by atoms with Crippen LogP contribution in [0.5, 0.6) is 0 Å². The molecule has 0 aromatic heterocycles. The van der Waals surface area contributed by atoms with Gasteiger partial charge in [0.25, 0.3) is 10.1 Å². The summed E-state index contributed by atoms with van der Waals surface area (Å²) in [5.74, 6) is 0. The number of hydrogen-bond acceptors (Lipinski definition) is 3. The minimum absolute atomic E-state index is 0.296. The number of rotatable bonds is 22. The van der Waals surface area contributed by atoms with Gasteiger partial charge in [-0.1, -0.05) is 135 Å². The smallest absolute Gasteiger partial charge is 0.266 e. The lowest BCUT2D eigenvalue weighted by molar-refractivity contribution is 0.305. The van der Waals surface area contributed by atoms with Crippen molar-refractivity contribution in [3.8, 4) is 0 Å². The summed E-state index contributed by atoms with van der Waals surface area (Å²) in [7, 11) is -3.66. The zero-order chi connectivity index (χ0) is 23.3. The van der Waals surface area contributed by atoms with E-state index in [9.17, 15) is 8.42 Å². The van der Waals surface area contributed by atoms with Crippen LogP contribution in [0.4, 0.5) is 0 Å². The Morgan fingerprint density at radius 1 is 0.594 bits per heavy atom. The Kier molecular flexibility index (Phi) is 17.8. The molecule has 0 atom stereocenters. The molecular formula is C28H50O3S. The minimum Gasteiger partial charge on any atom is -0.266 e. The SMILES string of the molecule is CCCCCCCCCCCCc1ccccc1S(=O)(=O)OCCCCCCCCCC. The summed E-state index contributed by atoms with van der Waals surface area (Å²) in [5.41, 5.74) is 0.906. The zero-order valence-corrected chi connectivity index (χ0v) is 21.9. The average Bonchev–Trinajstić information content (AvgIpc) is 2.79. The van der Waals surface area contributed by atoms with Crippen molar-refractivity contribution in [1.29, 1.82) is 0 Å². The molecular weight excluding hydrogens is 416 g/mol. The fraction of sp³-hybridized carbons (Fsp3) is 0.786. The van der Waals surface area contributed by atoms with Crippen molar-refractivity contribution in [2.45, 2.75) is 141 Å². The van der Waals surface area contributed by atoms with Crippen molar-refractivity contribution in [1.82, 2.24) is 0 Å². The monoisotopic (exact) mass is 466 g/mol. The fourth-order valence-electron chi connectivity index (χ4n) is 4.23. The lowest BCUT2D eigenvalue weighted by atomic mass is 10.0. The molecule has 32 heavy (non-hydrogen) atoms. The molecule has 4 heteroatoms. The van der Waals surface area contributed by atoms with Gasteiger partial charge in [0.1, 0.15) is 0 Å². The second kappa shape index (κ2) is 19.6. The lowest BCUT2D eigenvalue weighted by Crippen LogP contribution is -2.10. The number of aryl methyl sites for hydroxylation is 1. The van der Waals surface area contributed by atoms with Gasteiger partial charge in [0, 0.05) is 0 Å². The molecule has 0 N–H and O–H groups in total. The Bertz CT molecular complexity index is 654. The van der Waals surface area contributed by atoms with Gasteiger partial charge in [0.2, 0.25) is 0 Å². The first kappa shape index (κ1) is 29.2. The number of hydrogen-bond donors (Lipinski definition) is 0. The van der Waals surface area contributed by atoms with Crippen molar-refractivity contribution >= 4 is 10.1 Å². The third kappa shape index (κ3) is 14.3. The lowest BCUT2D eigenvalue weighted by Gasteiger charge is -2.11. The summed E-state index contributed by atoms with van der Waals surface area (Å²) >= 11 is 0. The summed E-state index contributed by atoms with van der Waals surface area (Å²) in [6.45, 7) is 4.78. The van der Waals surface area contributed by atoms with Crippen molar-refractivity contribution in [2.75, 3.05) is 6.61 Å². The molecule has 1 aromatic rings. The van der Waals surface area contributed by atoms with Crippen LogP contribution in [0.1, 0.15) is 135 Å². The van der Waals surface area contributed by atoms with Crippen LogP contribution in [0.25, 0.3) is 0 Å². The Labute approximate surface area is 199 Å². The Balaban J connectivity index is 2.24. The van der Waals surface area contributed by atoms with Crippen molar-refractivity contribution in [2.24, 2.45) is 0 Å². The van der Waals surface area contributed by atoms with Crippen LogP contribution in [-0.2, 0) is 20.7 Å². The highest BCUT2D eigenvalue weighted by Crippen LogP contribution is 2.21. The third-order valence-corrected chi connectivity index (χ3v) is 7.69. The molecule has 0 fully saturated rings. The maximum atomic E-state index is 12.7.